The van der Waals surface area contributed by atoms with Crippen molar-refractivity contribution in [3.63, 3.8) is 0 Å². The van der Waals surface area contributed by atoms with Gasteiger partial charge < -0.3 is 16.0 Å². The zero-order valence-electron chi connectivity index (χ0n) is 10.2. The highest BCUT2D eigenvalue weighted by atomic mass is 16.2. The van der Waals surface area contributed by atoms with E-state index in [-0.39, 0.29) is 11.9 Å². The van der Waals surface area contributed by atoms with Gasteiger partial charge in [-0.2, -0.15) is 0 Å². The molecule has 0 aromatic carbocycles. The molecule has 96 valence electrons. The summed E-state index contributed by atoms with van der Waals surface area (Å²) < 4.78 is 0. The van der Waals surface area contributed by atoms with Crippen LogP contribution in [0.4, 0.5) is 11.6 Å². The predicted octanol–water partition coefficient (Wildman–Crippen LogP) is 0.648. The van der Waals surface area contributed by atoms with E-state index in [2.05, 4.69) is 21.9 Å². The summed E-state index contributed by atoms with van der Waals surface area (Å²) in [4.78, 5) is 21.3. The Balaban J connectivity index is 1.97. The van der Waals surface area contributed by atoms with Crippen LogP contribution in [-0.2, 0) is 4.79 Å². The normalized spacial score (nSPS) is 19.3. The van der Waals surface area contributed by atoms with E-state index in [1.54, 1.807) is 11.0 Å². The Kier molecular flexibility index (Phi) is 3.76. The number of carbonyl (C=O) groups excluding carboxylic acids is 1. The molecule has 1 aliphatic rings. The molecule has 1 amide bonds. The molecule has 1 aromatic heterocycles. The van der Waals surface area contributed by atoms with Gasteiger partial charge in [0.1, 0.15) is 18.0 Å². The first-order valence-corrected chi connectivity index (χ1v) is 5.94. The van der Waals surface area contributed by atoms with Crippen LogP contribution in [0.3, 0.4) is 0 Å². The van der Waals surface area contributed by atoms with E-state index in [0.717, 1.165) is 19.4 Å². The number of nitrogens with one attached hydrogen (secondary N) is 1. The van der Waals surface area contributed by atoms with Crippen molar-refractivity contribution in [2.75, 3.05) is 24.1 Å². The SMILES string of the molecule is C=CC(=O)N1CCCC(Nc2cc(N)ncn2)C1. The quantitative estimate of drug-likeness (QED) is 0.766. The van der Waals surface area contributed by atoms with Crippen LogP contribution in [0, 0.1) is 0 Å². The molecule has 18 heavy (non-hydrogen) atoms. The molecule has 1 aliphatic heterocycles. The van der Waals surface area contributed by atoms with Crippen LogP contribution in [0.1, 0.15) is 12.8 Å². The van der Waals surface area contributed by atoms with E-state index < -0.39 is 0 Å². The summed E-state index contributed by atoms with van der Waals surface area (Å²) >= 11 is 0. The van der Waals surface area contributed by atoms with Gasteiger partial charge in [0.2, 0.25) is 5.91 Å². The predicted molar refractivity (Wildman–Crippen MR) is 69.9 cm³/mol. The Hall–Kier alpha value is -2.11. The number of rotatable bonds is 3. The van der Waals surface area contributed by atoms with Gasteiger partial charge >= 0.3 is 0 Å². The second-order valence-electron chi connectivity index (χ2n) is 4.30. The van der Waals surface area contributed by atoms with E-state index in [9.17, 15) is 4.79 Å². The van der Waals surface area contributed by atoms with Gasteiger partial charge in [-0.25, -0.2) is 9.97 Å². The molecule has 0 bridgehead atoms. The van der Waals surface area contributed by atoms with Crippen LogP contribution in [0.5, 0.6) is 0 Å². The Morgan fingerprint density at radius 1 is 1.61 bits per heavy atom. The van der Waals surface area contributed by atoms with Crippen molar-refractivity contribution < 1.29 is 4.79 Å². The highest BCUT2D eigenvalue weighted by Gasteiger charge is 2.22. The molecule has 2 rings (SSSR count). The van der Waals surface area contributed by atoms with Gasteiger partial charge in [-0.3, -0.25) is 4.79 Å². The lowest BCUT2D eigenvalue weighted by atomic mass is 10.1. The maximum Gasteiger partial charge on any atom is 0.246 e. The van der Waals surface area contributed by atoms with Gasteiger partial charge in [-0.05, 0) is 18.9 Å². The minimum atomic E-state index is -0.0244. The molecule has 1 aromatic rings. The zero-order chi connectivity index (χ0) is 13.0. The number of piperidine rings is 1. The summed E-state index contributed by atoms with van der Waals surface area (Å²) in [7, 11) is 0. The molecule has 3 N–H and O–H groups in total. The molecular weight excluding hydrogens is 230 g/mol. The molecule has 0 aliphatic carbocycles. The third-order valence-electron chi connectivity index (χ3n) is 2.95. The summed E-state index contributed by atoms with van der Waals surface area (Å²) in [5.74, 6) is 1.10. The van der Waals surface area contributed by atoms with Crippen molar-refractivity contribution in [2.45, 2.75) is 18.9 Å². The van der Waals surface area contributed by atoms with E-state index in [1.807, 2.05) is 0 Å². The van der Waals surface area contributed by atoms with Crippen molar-refractivity contribution in [2.24, 2.45) is 0 Å². The minimum absolute atomic E-state index is 0.0244. The number of anilines is 2. The highest BCUT2D eigenvalue weighted by Crippen LogP contribution is 2.15. The Morgan fingerprint density at radius 2 is 2.44 bits per heavy atom. The number of hydrogen-bond donors (Lipinski definition) is 2. The van der Waals surface area contributed by atoms with E-state index in [1.165, 1.54) is 12.4 Å². The van der Waals surface area contributed by atoms with E-state index in [4.69, 9.17) is 5.73 Å². The van der Waals surface area contributed by atoms with Gasteiger partial charge in [0.25, 0.3) is 0 Å². The van der Waals surface area contributed by atoms with E-state index >= 15 is 0 Å². The first-order chi connectivity index (χ1) is 8.69. The van der Waals surface area contributed by atoms with Crippen LogP contribution >= 0.6 is 0 Å². The Labute approximate surface area is 106 Å². The smallest absolute Gasteiger partial charge is 0.246 e. The summed E-state index contributed by atoms with van der Waals surface area (Å²) in [6.45, 7) is 4.96. The lowest BCUT2D eigenvalue weighted by Gasteiger charge is -2.32. The van der Waals surface area contributed by atoms with Crippen molar-refractivity contribution in [1.29, 1.82) is 0 Å². The lowest BCUT2D eigenvalue weighted by molar-refractivity contribution is -0.127. The molecule has 0 spiro atoms. The number of hydrogen-bond acceptors (Lipinski definition) is 5. The molecule has 1 saturated heterocycles. The average Bonchev–Trinajstić information content (AvgIpc) is 2.38. The number of carbonyl (C=O) groups is 1. The largest absolute Gasteiger partial charge is 0.384 e. The van der Waals surface area contributed by atoms with Crippen molar-refractivity contribution in [3.05, 3.63) is 25.0 Å². The van der Waals surface area contributed by atoms with Gasteiger partial charge in [-0.1, -0.05) is 6.58 Å². The van der Waals surface area contributed by atoms with Gasteiger partial charge in [0.05, 0.1) is 0 Å². The zero-order valence-corrected chi connectivity index (χ0v) is 10.2. The fraction of sp³-hybridized carbons (Fsp3) is 0.417. The second-order valence-corrected chi connectivity index (χ2v) is 4.30. The molecule has 2 heterocycles. The number of aromatic nitrogens is 2. The van der Waals surface area contributed by atoms with Gasteiger partial charge in [0.15, 0.2) is 0 Å². The number of likely N-dealkylation sites (tertiary alicyclic amines) is 1. The highest BCUT2D eigenvalue weighted by molar-refractivity contribution is 5.87. The summed E-state index contributed by atoms with van der Waals surface area (Å²) in [5, 5.41) is 3.27. The Morgan fingerprint density at radius 3 is 3.17 bits per heavy atom. The molecule has 6 heteroatoms. The van der Waals surface area contributed by atoms with Crippen molar-refractivity contribution >= 4 is 17.5 Å². The van der Waals surface area contributed by atoms with Gasteiger partial charge in [0, 0.05) is 25.2 Å². The maximum absolute atomic E-state index is 11.6. The van der Waals surface area contributed by atoms with E-state index in [0.29, 0.717) is 18.2 Å². The number of nitrogens with zero attached hydrogens (tertiary/aromatic N) is 3. The molecule has 0 radical (unpaired) electrons. The minimum Gasteiger partial charge on any atom is -0.384 e. The summed E-state index contributed by atoms with van der Waals surface area (Å²) in [6.07, 6.45) is 4.75. The van der Waals surface area contributed by atoms with Crippen LogP contribution in [0.25, 0.3) is 0 Å². The van der Waals surface area contributed by atoms with Crippen molar-refractivity contribution in [3.8, 4) is 0 Å². The van der Waals surface area contributed by atoms with Gasteiger partial charge in [-0.15, -0.1) is 0 Å². The van der Waals surface area contributed by atoms with Crippen LogP contribution in [0.15, 0.2) is 25.0 Å². The average molecular weight is 247 g/mol. The van der Waals surface area contributed by atoms with Crippen LogP contribution in [-0.4, -0.2) is 39.9 Å². The Bertz CT molecular complexity index is 448. The molecular formula is C12H17N5O. The standard InChI is InChI=1S/C12H17N5O/c1-2-12(18)17-5-3-4-9(7-17)16-11-6-10(13)14-8-15-11/h2,6,8-9H,1,3-5,7H2,(H3,13,14,15,16). The first-order valence-electron chi connectivity index (χ1n) is 5.94. The second kappa shape index (κ2) is 5.48. The molecule has 1 unspecified atom stereocenters. The third kappa shape index (κ3) is 2.97. The van der Waals surface area contributed by atoms with Crippen molar-refractivity contribution in [1.82, 2.24) is 14.9 Å². The number of nitrogen functional groups attached to an aromatic ring is 1. The monoisotopic (exact) mass is 247 g/mol. The summed E-state index contributed by atoms with van der Waals surface area (Å²) in [6, 6.07) is 1.88. The van der Waals surface area contributed by atoms with Crippen LogP contribution in [0.2, 0.25) is 0 Å². The lowest BCUT2D eigenvalue weighted by Crippen LogP contribution is -2.44. The molecule has 1 fully saturated rings. The third-order valence-corrected chi connectivity index (χ3v) is 2.95. The maximum atomic E-state index is 11.6. The topological polar surface area (TPSA) is 84.1 Å². The molecule has 6 nitrogen and oxygen atoms in total. The number of nitrogens with two attached hydrogens (primary N) is 1. The number of amides is 1. The fourth-order valence-electron chi connectivity index (χ4n) is 2.08. The fourth-order valence-corrected chi connectivity index (χ4v) is 2.08. The first kappa shape index (κ1) is 12.3. The molecule has 0 saturated carbocycles. The molecule has 1 atom stereocenters. The summed E-state index contributed by atoms with van der Waals surface area (Å²) in [5.41, 5.74) is 5.59. The van der Waals surface area contributed by atoms with Crippen LogP contribution < -0.4 is 11.1 Å².